The molecule has 6 nitrogen and oxygen atoms in total. The molecule has 1 amide bonds. The van der Waals surface area contributed by atoms with Crippen molar-refractivity contribution in [2.24, 2.45) is 0 Å². The molecule has 182 valence electrons. The number of carbonyl (C=O) groups is 1. The van der Waals surface area contributed by atoms with Crippen LogP contribution in [0.15, 0.2) is 84.9 Å². The number of aromatic nitrogens is 2. The molecule has 3 aromatic carbocycles. The van der Waals surface area contributed by atoms with Crippen molar-refractivity contribution in [2.75, 3.05) is 23.7 Å². The topological polar surface area (TPSA) is 70.2 Å². The number of carbonyl (C=O) groups excluding carboxylic acids is 1. The summed E-state index contributed by atoms with van der Waals surface area (Å²) in [5.41, 5.74) is 5.31. The van der Waals surface area contributed by atoms with E-state index < -0.39 is 0 Å². The summed E-state index contributed by atoms with van der Waals surface area (Å²) in [5, 5.41) is 6.34. The first kappa shape index (κ1) is 23.7. The molecule has 1 aromatic heterocycles. The minimum Gasteiger partial charge on any atom is -0.340 e. The molecule has 2 N–H and O–H groups in total. The van der Waals surface area contributed by atoms with E-state index in [1.54, 1.807) is 0 Å². The van der Waals surface area contributed by atoms with Crippen LogP contribution in [0.1, 0.15) is 41.0 Å². The average Bonchev–Trinajstić information content (AvgIpc) is 2.91. The molecule has 1 fully saturated rings. The number of amides is 1. The van der Waals surface area contributed by atoms with Crippen molar-refractivity contribution in [1.29, 1.82) is 0 Å². The number of nitrogens with one attached hydrogen (secondary N) is 2. The Hall–Kier alpha value is -4.03. The predicted molar refractivity (Wildman–Crippen MR) is 145 cm³/mol. The molecule has 0 bridgehead atoms. The first-order valence-corrected chi connectivity index (χ1v) is 12.5. The summed E-state index contributed by atoms with van der Waals surface area (Å²) < 4.78 is 0. The Labute approximate surface area is 212 Å². The van der Waals surface area contributed by atoms with Gasteiger partial charge in [-0.05, 0) is 68.8 Å². The summed E-state index contributed by atoms with van der Waals surface area (Å²) in [4.78, 5) is 24.5. The van der Waals surface area contributed by atoms with Gasteiger partial charge in [0.1, 0.15) is 11.6 Å². The van der Waals surface area contributed by atoms with Gasteiger partial charge in [-0.2, -0.15) is 0 Å². The maximum absolute atomic E-state index is 12.9. The zero-order valence-corrected chi connectivity index (χ0v) is 20.6. The van der Waals surface area contributed by atoms with Gasteiger partial charge in [0.2, 0.25) is 0 Å². The molecule has 0 unspecified atom stereocenters. The zero-order chi connectivity index (χ0) is 24.7. The lowest BCUT2D eigenvalue weighted by Gasteiger charge is -2.26. The molecule has 5 rings (SSSR count). The number of nitrogens with zero attached hydrogens (tertiary/aromatic N) is 3. The quantitative estimate of drug-likeness (QED) is 0.321. The number of likely N-dealkylation sites (tertiary alicyclic amines) is 1. The Balaban J connectivity index is 1.24. The zero-order valence-electron chi connectivity index (χ0n) is 20.6. The van der Waals surface area contributed by atoms with E-state index in [1.807, 2.05) is 79.7 Å². The molecule has 0 aliphatic carbocycles. The van der Waals surface area contributed by atoms with Gasteiger partial charge in [0.05, 0.1) is 5.69 Å². The number of benzene rings is 3. The van der Waals surface area contributed by atoms with Crippen LogP contribution in [0.2, 0.25) is 0 Å². The van der Waals surface area contributed by atoms with Gasteiger partial charge in [-0.15, -0.1) is 0 Å². The number of hydrogen-bond donors (Lipinski definition) is 2. The van der Waals surface area contributed by atoms with Crippen molar-refractivity contribution in [3.8, 4) is 11.3 Å². The van der Waals surface area contributed by atoms with Crippen LogP contribution in [0.25, 0.3) is 11.3 Å². The van der Waals surface area contributed by atoms with E-state index in [4.69, 9.17) is 0 Å². The van der Waals surface area contributed by atoms with Gasteiger partial charge >= 0.3 is 0 Å². The van der Waals surface area contributed by atoms with E-state index in [1.165, 1.54) is 37.9 Å². The first-order valence-electron chi connectivity index (χ1n) is 12.5. The molecule has 4 aromatic rings. The number of rotatable bonds is 7. The highest BCUT2D eigenvalue weighted by Crippen LogP contribution is 2.23. The van der Waals surface area contributed by atoms with Crippen LogP contribution in [-0.2, 0) is 6.54 Å². The van der Waals surface area contributed by atoms with Gasteiger partial charge < -0.3 is 10.6 Å². The van der Waals surface area contributed by atoms with E-state index >= 15 is 0 Å². The van der Waals surface area contributed by atoms with Crippen molar-refractivity contribution >= 4 is 23.1 Å². The second-order valence-electron chi connectivity index (χ2n) is 9.25. The first-order chi connectivity index (χ1) is 17.6. The number of piperidine rings is 1. The lowest BCUT2D eigenvalue weighted by molar-refractivity contribution is 0.102. The minimum absolute atomic E-state index is 0.147. The molecular formula is C30H31N5O. The van der Waals surface area contributed by atoms with E-state index in [0.29, 0.717) is 17.2 Å². The second kappa shape index (κ2) is 11.1. The van der Waals surface area contributed by atoms with Gasteiger partial charge in [-0.1, -0.05) is 55.0 Å². The van der Waals surface area contributed by atoms with Gasteiger partial charge in [-0.25, -0.2) is 9.97 Å². The van der Waals surface area contributed by atoms with Crippen LogP contribution in [0, 0.1) is 6.92 Å². The largest absolute Gasteiger partial charge is 0.340 e. The second-order valence-corrected chi connectivity index (χ2v) is 9.25. The number of aryl methyl sites for hydroxylation is 1. The normalized spacial score (nSPS) is 13.8. The summed E-state index contributed by atoms with van der Waals surface area (Å²) >= 11 is 0. The number of hydrogen-bond acceptors (Lipinski definition) is 5. The summed E-state index contributed by atoms with van der Waals surface area (Å²) in [6.45, 7) is 5.19. The highest BCUT2D eigenvalue weighted by molar-refractivity contribution is 6.04. The van der Waals surface area contributed by atoms with Crippen LogP contribution in [0.5, 0.6) is 0 Å². The third-order valence-electron chi connectivity index (χ3n) is 6.37. The van der Waals surface area contributed by atoms with E-state index in [9.17, 15) is 4.79 Å². The molecule has 1 aliphatic heterocycles. The molecule has 0 atom stereocenters. The van der Waals surface area contributed by atoms with E-state index in [2.05, 4.69) is 37.6 Å². The van der Waals surface area contributed by atoms with Crippen LogP contribution >= 0.6 is 0 Å². The molecule has 1 saturated heterocycles. The number of anilines is 3. The molecular weight excluding hydrogens is 446 g/mol. The summed E-state index contributed by atoms with van der Waals surface area (Å²) in [6, 6.07) is 27.5. The van der Waals surface area contributed by atoms with Crippen molar-refractivity contribution < 1.29 is 4.79 Å². The fourth-order valence-corrected chi connectivity index (χ4v) is 4.55. The van der Waals surface area contributed by atoms with Gasteiger partial charge in [0.25, 0.3) is 5.91 Å². The van der Waals surface area contributed by atoms with Crippen LogP contribution < -0.4 is 10.6 Å². The Kier molecular flexibility index (Phi) is 7.33. The van der Waals surface area contributed by atoms with Gasteiger partial charge in [0.15, 0.2) is 0 Å². The van der Waals surface area contributed by atoms with Crippen molar-refractivity contribution in [2.45, 2.75) is 32.7 Å². The third-order valence-corrected chi connectivity index (χ3v) is 6.37. The van der Waals surface area contributed by atoms with Gasteiger partial charge in [0, 0.05) is 35.1 Å². The monoisotopic (exact) mass is 477 g/mol. The molecule has 0 saturated carbocycles. The molecule has 2 heterocycles. The maximum atomic E-state index is 12.9. The Morgan fingerprint density at radius 2 is 1.61 bits per heavy atom. The Bertz CT molecular complexity index is 1320. The summed E-state index contributed by atoms with van der Waals surface area (Å²) in [5.74, 6) is 1.21. The van der Waals surface area contributed by atoms with Crippen LogP contribution in [0.3, 0.4) is 0 Å². The highest BCUT2D eigenvalue weighted by atomic mass is 16.1. The molecule has 1 aliphatic rings. The standard InChI is InChI=1S/C30H31N5O/c1-22-31-28(24-9-4-2-5-10-24)20-29(32-22)33-27-12-8-11-25(19-27)30(36)34-26-15-13-23(14-16-26)21-35-17-6-3-7-18-35/h2,4-5,8-16,19-20H,3,6-7,17-18,21H2,1H3,(H,34,36)(H,31,32,33). The van der Waals surface area contributed by atoms with Gasteiger partial charge in [-0.3, -0.25) is 9.69 Å². The lowest BCUT2D eigenvalue weighted by Crippen LogP contribution is -2.29. The smallest absolute Gasteiger partial charge is 0.255 e. The molecule has 0 spiro atoms. The van der Waals surface area contributed by atoms with Crippen LogP contribution in [0.4, 0.5) is 17.2 Å². The lowest BCUT2D eigenvalue weighted by atomic mass is 10.1. The predicted octanol–water partition coefficient (Wildman–Crippen LogP) is 6.43. The minimum atomic E-state index is -0.147. The van der Waals surface area contributed by atoms with Crippen LogP contribution in [-0.4, -0.2) is 33.9 Å². The average molecular weight is 478 g/mol. The summed E-state index contributed by atoms with van der Waals surface area (Å²) in [6.07, 6.45) is 3.91. The third kappa shape index (κ3) is 6.15. The Morgan fingerprint density at radius 3 is 2.39 bits per heavy atom. The van der Waals surface area contributed by atoms with Crippen molar-refractivity contribution in [3.63, 3.8) is 0 Å². The molecule has 36 heavy (non-hydrogen) atoms. The summed E-state index contributed by atoms with van der Waals surface area (Å²) in [7, 11) is 0. The molecule has 6 heteroatoms. The molecule has 0 radical (unpaired) electrons. The van der Waals surface area contributed by atoms with E-state index in [-0.39, 0.29) is 5.91 Å². The van der Waals surface area contributed by atoms with E-state index in [0.717, 1.165) is 29.2 Å². The fraction of sp³-hybridized carbons (Fsp3) is 0.233. The SMILES string of the molecule is Cc1nc(Nc2cccc(C(=O)Nc3ccc(CN4CCCCC4)cc3)c2)cc(-c2ccccc2)n1. The van der Waals surface area contributed by atoms with Crippen molar-refractivity contribution in [3.05, 3.63) is 102 Å². The highest BCUT2D eigenvalue weighted by Gasteiger charge is 2.12. The maximum Gasteiger partial charge on any atom is 0.255 e. The fourth-order valence-electron chi connectivity index (χ4n) is 4.55. The van der Waals surface area contributed by atoms with Crippen molar-refractivity contribution in [1.82, 2.24) is 14.9 Å². The Morgan fingerprint density at radius 1 is 0.833 bits per heavy atom.